The molecule has 0 radical (unpaired) electrons. The van der Waals surface area contributed by atoms with Crippen molar-refractivity contribution in [2.75, 3.05) is 25.4 Å². The van der Waals surface area contributed by atoms with Gasteiger partial charge in [0.1, 0.15) is 5.75 Å². The van der Waals surface area contributed by atoms with E-state index in [0.717, 1.165) is 50.5 Å². The molecule has 1 aromatic rings. The zero-order valence-corrected chi connectivity index (χ0v) is 10.4. The molecule has 0 aliphatic carbocycles. The third-order valence-corrected chi connectivity index (χ3v) is 3.08. The van der Waals surface area contributed by atoms with Gasteiger partial charge in [0, 0.05) is 12.3 Å². The first-order chi connectivity index (χ1) is 7.90. The minimum Gasteiger partial charge on any atom is -0.493 e. The number of benzene rings is 1. The van der Waals surface area contributed by atoms with E-state index in [-0.39, 0.29) is 0 Å². The van der Waals surface area contributed by atoms with Gasteiger partial charge in [0.2, 0.25) is 0 Å². The number of nitrogens with one attached hydrogen (secondary N) is 1. The molecule has 1 aliphatic heterocycles. The van der Waals surface area contributed by atoms with Crippen LogP contribution in [0.2, 0.25) is 0 Å². The maximum Gasteiger partial charge on any atom is 0.122 e. The van der Waals surface area contributed by atoms with E-state index in [2.05, 4.69) is 36.1 Å². The Morgan fingerprint density at radius 1 is 1.31 bits per heavy atom. The first kappa shape index (κ1) is 11.8. The molecule has 1 heterocycles. The van der Waals surface area contributed by atoms with Crippen molar-refractivity contribution in [2.24, 2.45) is 0 Å². The predicted molar refractivity (Wildman–Crippen MR) is 70.7 cm³/mol. The van der Waals surface area contributed by atoms with Gasteiger partial charge in [-0.3, -0.25) is 0 Å². The van der Waals surface area contributed by atoms with Gasteiger partial charge in [0.15, 0.2) is 0 Å². The van der Waals surface area contributed by atoms with Crippen LogP contribution in [-0.2, 0) is 12.8 Å². The molecule has 0 fully saturated rings. The minimum absolute atomic E-state index is 0.871. The highest BCUT2D eigenvalue weighted by atomic mass is 32.1. The van der Waals surface area contributed by atoms with Crippen LogP contribution in [0, 0.1) is 0 Å². The number of ether oxygens (including phenoxy) is 1. The smallest absolute Gasteiger partial charge is 0.122 e. The highest BCUT2D eigenvalue weighted by Crippen LogP contribution is 2.25. The lowest BCUT2D eigenvalue weighted by atomic mass is 10.0. The third kappa shape index (κ3) is 3.16. The fraction of sp³-hybridized carbons (Fsp3) is 0.538. The fourth-order valence-corrected chi connectivity index (χ4v) is 2.16. The number of rotatable bonds is 5. The van der Waals surface area contributed by atoms with Crippen LogP contribution in [0.4, 0.5) is 0 Å². The Morgan fingerprint density at radius 2 is 2.25 bits per heavy atom. The first-order valence-electron chi connectivity index (χ1n) is 5.96. The summed E-state index contributed by atoms with van der Waals surface area (Å²) in [4.78, 5) is 0. The molecule has 1 aliphatic rings. The van der Waals surface area contributed by atoms with Gasteiger partial charge < -0.3 is 10.1 Å². The van der Waals surface area contributed by atoms with E-state index < -0.39 is 0 Å². The van der Waals surface area contributed by atoms with Crippen LogP contribution in [0.1, 0.15) is 17.5 Å². The quantitative estimate of drug-likeness (QED) is 0.604. The Labute approximate surface area is 103 Å². The van der Waals surface area contributed by atoms with Crippen LogP contribution in [0.5, 0.6) is 5.75 Å². The van der Waals surface area contributed by atoms with Crippen LogP contribution in [0.25, 0.3) is 0 Å². The Balaban J connectivity index is 1.90. The summed E-state index contributed by atoms with van der Waals surface area (Å²) in [5.41, 5.74) is 2.77. The molecule has 0 unspecified atom stereocenters. The highest BCUT2D eigenvalue weighted by Gasteiger charge is 2.09. The highest BCUT2D eigenvalue weighted by molar-refractivity contribution is 7.80. The monoisotopic (exact) mass is 237 g/mol. The van der Waals surface area contributed by atoms with Gasteiger partial charge in [-0.2, -0.15) is 12.6 Å². The molecule has 2 nitrogen and oxygen atoms in total. The summed E-state index contributed by atoms with van der Waals surface area (Å²) in [6, 6.07) is 6.58. The molecule has 3 heteroatoms. The zero-order valence-electron chi connectivity index (χ0n) is 9.54. The van der Waals surface area contributed by atoms with E-state index in [1.165, 1.54) is 11.1 Å². The molecular formula is C13H19NOS. The second-order valence-corrected chi connectivity index (χ2v) is 4.56. The minimum atomic E-state index is 0.871. The summed E-state index contributed by atoms with van der Waals surface area (Å²) in [6.07, 6.45) is 3.39. The Morgan fingerprint density at radius 3 is 3.12 bits per heavy atom. The lowest BCUT2D eigenvalue weighted by molar-refractivity contribution is 0.288. The molecule has 0 saturated heterocycles. The van der Waals surface area contributed by atoms with E-state index in [0.29, 0.717) is 0 Å². The van der Waals surface area contributed by atoms with E-state index in [1.54, 1.807) is 0 Å². The summed E-state index contributed by atoms with van der Waals surface area (Å²) in [5.74, 6) is 1.98. The average molecular weight is 237 g/mol. The second kappa shape index (κ2) is 6.16. The number of fused-ring (bicyclic) bond motifs is 1. The number of hydrogen-bond donors (Lipinski definition) is 2. The van der Waals surface area contributed by atoms with Gasteiger partial charge in [-0.05, 0) is 43.0 Å². The van der Waals surface area contributed by atoms with E-state index in [4.69, 9.17) is 4.74 Å². The SMILES string of the molecule is SCCNCCc1ccc2c(c1)CCCO2. The zero-order chi connectivity index (χ0) is 11.2. The Hall–Kier alpha value is -0.670. The topological polar surface area (TPSA) is 21.3 Å². The summed E-state index contributed by atoms with van der Waals surface area (Å²) >= 11 is 4.17. The van der Waals surface area contributed by atoms with E-state index in [9.17, 15) is 0 Å². The second-order valence-electron chi connectivity index (χ2n) is 4.12. The van der Waals surface area contributed by atoms with Crippen molar-refractivity contribution in [3.8, 4) is 5.75 Å². The van der Waals surface area contributed by atoms with Crippen molar-refractivity contribution in [3.63, 3.8) is 0 Å². The summed E-state index contributed by atoms with van der Waals surface area (Å²) < 4.78 is 5.60. The number of hydrogen-bond acceptors (Lipinski definition) is 3. The van der Waals surface area contributed by atoms with Gasteiger partial charge in [0.25, 0.3) is 0 Å². The molecule has 0 spiro atoms. The van der Waals surface area contributed by atoms with Crippen molar-refractivity contribution in [2.45, 2.75) is 19.3 Å². The van der Waals surface area contributed by atoms with E-state index >= 15 is 0 Å². The third-order valence-electron chi connectivity index (χ3n) is 2.85. The van der Waals surface area contributed by atoms with Crippen molar-refractivity contribution < 1.29 is 4.74 Å². The molecule has 0 bridgehead atoms. The summed E-state index contributed by atoms with van der Waals surface area (Å²) in [5, 5.41) is 3.36. The van der Waals surface area contributed by atoms with Gasteiger partial charge >= 0.3 is 0 Å². The molecular weight excluding hydrogens is 218 g/mol. The molecule has 0 saturated carbocycles. The van der Waals surface area contributed by atoms with Crippen molar-refractivity contribution >= 4 is 12.6 Å². The van der Waals surface area contributed by atoms with E-state index in [1.807, 2.05) is 0 Å². The number of thiol groups is 1. The van der Waals surface area contributed by atoms with Crippen LogP contribution >= 0.6 is 12.6 Å². The summed E-state index contributed by atoms with van der Waals surface area (Å²) in [6.45, 7) is 2.88. The predicted octanol–water partition coefficient (Wildman–Crippen LogP) is 2.07. The van der Waals surface area contributed by atoms with Gasteiger partial charge in [-0.25, -0.2) is 0 Å². The maximum absolute atomic E-state index is 5.60. The van der Waals surface area contributed by atoms with Crippen LogP contribution in [0.15, 0.2) is 18.2 Å². The molecule has 0 atom stereocenters. The van der Waals surface area contributed by atoms with Gasteiger partial charge in [0.05, 0.1) is 6.61 Å². The molecule has 1 N–H and O–H groups in total. The Kier molecular flexibility index (Phi) is 4.55. The van der Waals surface area contributed by atoms with Crippen molar-refractivity contribution in [3.05, 3.63) is 29.3 Å². The van der Waals surface area contributed by atoms with Crippen molar-refractivity contribution in [1.82, 2.24) is 5.32 Å². The lowest BCUT2D eigenvalue weighted by Crippen LogP contribution is -2.19. The standard InChI is InChI=1S/C13H19NOS/c16-9-7-14-6-5-11-3-4-13-12(10-11)2-1-8-15-13/h3-4,10,14,16H,1-2,5-9H2. The molecule has 1 aromatic carbocycles. The molecule has 0 aromatic heterocycles. The van der Waals surface area contributed by atoms with Gasteiger partial charge in [-0.1, -0.05) is 12.1 Å². The normalized spacial score (nSPS) is 14.3. The van der Waals surface area contributed by atoms with Gasteiger partial charge in [-0.15, -0.1) is 0 Å². The summed E-state index contributed by atoms with van der Waals surface area (Å²) in [7, 11) is 0. The largest absolute Gasteiger partial charge is 0.493 e. The molecule has 16 heavy (non-hydrogen) atoms. The average Bonchev–Trinajstić information content (AvgIpc) is 2.34. The number of aryl methyl sites for hydroxylation is 1. The molecule has 2 rings (SSSR count). The lowest BCUT2D eigenvalue weighted by Gasteiger charge is -2.17. The van der Waals surface area contributed by atoms with Crippen molar-refractivity contribution in [1.29, 1.82) is 0 Å². The van der Waals surface area contributed by atoms with Crippen LogP contribution in [0.3, 0.4) is 0 Å². The first-order valence-corrected chi connectivity index (χ1v) is 6.59. The van der Waals surface area contributed by atoms with Crippen LogP contribution in [-0.4, -0.2) is 25.4 Å². The Bertz CT molecular complexity index is 341. The fourth-order valence-electron chi connectivity index (χ4n) is 2.01. The molecule has 88 valence electrons. The maximum atomic E-state index is 5.60. The van der Waals surface area contributed by atoms with Crippen LogP contribution < -0.4 is 10.1 Å². The molecule has 0 amide bonds.